The van der Waals surface area contributed by atoms with E-state index in [2.05, 4.69) is 5.32 Å². The molecule has 1 N–H and O–H groups in total. The molecule has 0 aliphatic carbocycles. The Bertz CT molecular complexity index is 242. The van der Waals surface area contributed by atoms with E-state index in [1.165, 1.54) is 31.6 Å². The van der Waals surface area contributed by atoms with E-state index in [4.69, 9.17) is 4.42 Å². The van der Waals surface area contributed by atoms with E-state index in [9.17, 15) is 0 Å². The maximum atomic E-state index is 5.28. The van der Waals surface area contributed by atoms with Gasteiger partial charge in [0.2, 0.25) is 0 Å². The van der Waals surface area contributed by atoms with Crippen molar-refractivity contribution < 1.29 is 4.42 Å². The fourth-order valence-corrected chi connectivity index (χ4v) is 2.82. The van der Waals surface area contributed by atoms with Crippen LogP contribution in [0.1, 0.15) is 25.0 Å². The first kappa shape index (κ1) is 10.1. The first-order valence-corrected chi connectivity index (χ1v) is 6.44. The Labute approximate surface area is 89.4 Å². The molecule has 1 saturated heterocycles. The first-order chi connectivity index (χ1) is 6.95. The number of piperidine rings is 1. The third-order valence-corrected chi connectivity index (χ3v) is 3.68. The molecule has 1 aliphatic heterocycles. The van der Waals surface area contributed by atoms with Gasteiger partial charge in [0.05, 0.1) is 12.0 Å². The molecule has 0 amide bonds. The highest BCUT2D eigenvalue weighted by Crippen LogP contribution is 2.17. The molecular formula is C11H17NOS. The first-order valence-electron chi connectivity index (χ1n) is 5.28. The monoisotopic (exact) mass is 211 g/mol. The van der Waals surface area contributed by atoms with Crippen molar-refractivity contribution in [2.45, 2.75) is 31.1 Å². The van der Waals surface area contributed by atoms with Crippen molar-refractivity contribution >= 4 is 11.8 Å². The van der Waals surface area contributed by atoms with Gasteiger partial charge in [-0.1, -0.05) is 6.42 Å². The number of hydrogen-bond donors (Lipinski definition) is 1. The lowest BCUT2D eigenvalue weighted by molar-refractivity contribution is 0.429. The summed E-state index contributed by atoms with van der Waals surface area (Å²) in [5, 5.41) is 3.55. The van der Waals surface area contributed by atoms with E-state index < -0.39 is 0 Å². The Morgan fingerprint density at radius 3 is 3.21 bits per heavy atom. The third-order valence-electron chi connectivity index (χ3n) is 2.56. The Morgan fingerprint density at radius 2 is 2.50 bits per heavy atom. The molecule has 1 atom stereocenters. The molecule has 1 aliphatic rings. The van der Waals surface area contributed by atoms with Crippen LogP contribution in [0.3, 0.4) is 0 Å². The quantitative estimate of drug-likeness (QED) is 0.829. The smallest absolute Gasteiger partial charge is 0.113 e. The van der Waals surface area contributed by atoms with Gasteiger partial charge in [-0.3, -0.25) is 0 Å². The van der Waals surface area contributed by atoms with Gasteiger partial charge in [-0.2, -0.15) is 11.8 Å². The molecule has 2 rings (SSSR count). The number of furan rings is 1. The summed E-state index contributed by atoms with van der Waals surface area (Å²) in [7, 11) is 0. The lowest BCUT2D eigenvalue weighted by Gasteiger charge is -2.22. The molecule has 0 bridgehead atoms. The van der Waals surface area contributed by atoms with E-state index in [1.54, 1.807) is 6.26 Å². The van der Waals surface area contributed by atoms with Crippen molar-refractivity contribution in [2.75, 3.05) is 12.3 Å². The molecule has 0 spiro atoms. The molecule has 14 heavy (non-hydrogen) atoms. The Morgan fingerprint density at radius 1 is 1.50 bits per heavy atom. The predicted octanol–water partition coefficient (Wildman–Crippen LogP) is 2.65. The lowest BCUT2D eigenvalue weighted by Crippen LogP contribution is -2.35. The second-order valence-electron chi connectivity index (χ2n) is 3.74. The van der Waals surface area contributed by atoms with Crippen molar-refractivity contribution in [3.63, 3.8) is 0 Å². The highest BCUT2D eigenvalue weighted by molar-refractivity contribution is 7.98. The van der Waals surface area contributed by atoms with Crippen molar-refractivity contribution in [2.24, 2.45) is 0 Å². The maximum Gasteiger partial charge on any atom is 0.113 e. The zero-order valence-electron chi connectivity index (χ0n) is 8.37. The molecule has 0 saturated carbocycles. The highest BCUT2D eigenvalue weighted by Gasteiger charge is 2.12. The van der Waals surface area contributed by atoms with Crippen LogP contribution in [0.25, 0.3) is 0 Å². The molecule has 1 aromatic heterocycles. The van der Waals surface area contributed by atoms with E-state index in [0.717, 1.165) is 17.6 Å². The fraction of sp³-hybridized carbons (Fsp3) is 0.636. The minimum atomic E-state index is 0.726. The van der Waals surface area contributed by atoms with Gasteiger partial charge >= 0.3 is 0 Å². The average Bonchev–Trinajstić information content (AvgIpc) is 2.72. The SMILES string of the molecule is c1coc(CSC[C@H]2CCCCN2)c1. The van der Waals surface area contributed by atoms with Crippen LogP contribution < -0.4 is 5.32 Å². The van der Waals surface area contributed by atoms with Crippen LogP contribution in [0.4, 0.5) is 0 Å². The van der Waals surface area contributed by atoms with E-state index in [1.807, 2.05) is 23.9 Å². The molecule has 0 radical (unpaired) electrons. The van der Waals surface area contributed by atoms with Crippen molar-refractivity contribution in [1.29, 1.82) is 0 Å². The summed E-state index contributed by atoms with van der Waals surface area (Å²) in [6.07, 6.45) is 5.82. The van der Waals surface area contributed by atoms with Crippen LogP contribution in [0.15, 0.2) is 22.8 Å². The fourth-order valence-electron chi connectivity index (χ4n) is 1.76. The van der Waals surface area contributed by atoms with Crippen LogP contribution >= 0.6 is 11.8 Å². The van der Waals surface area contributed by atoms with Gasteiger partial charge in [0.25, 0.3) is 0 Å². The van der Waals surface area contributed by atoms with Crippen molar-refractivity contribution in [3.8, 4) is 0 Å². The minimum Gasteiger partial charge on any atom is -0.468 e. The maximum absolute atomic E-state index is 5.28. The number of hydrogen-bond acceptors (Lipinski definition) is 3. The molecule has 78 valence electrons. The molecule has 3 heteroatoms. The molecular weight excluding hydrogens is 194 g/mol. The summed E-state index contributed by atoms with van der Waals surface area (Å²) in [6, 6.07) is 4.72. The Kier molecular flexibility index (Phi) is 3.95. The normalized spacial score (nSPS) is 22.4. The summed E-state index contributed by atoms with van der Waals surface area (Å²) in [5.41, 5.74) is 0. The zero-order valence-corrected chi connectivity index (χ0v) is 9.19. The lowest BCUT2D eigenvalue weighted by atomic mass is 10.1. The van der Waals surface area contributed by atoms with E-state index >= 15 is 0 Å². The minimum absolute atomic E-state index is 0.726. The summed E-state index contributed by atoms with van der Waals surface area (Å²) in [4.78, 5) is 0. The number of thioether (sulfide) groups is 1. The van der Waals surface area contributed by atoms with Gasteiger partial charge in [0, 0.05) is 11.8 Å². The Hall–Kier alpha value is -0.410. The van der Waals surface area contributed by atoms with Gasteiger partial charge < -0.3 is 9.73 Å². The van der Waals surface area contributed by atoms with Crippen LogP contribution in [-0.4, -0.2) is 18.3 Å². The molecule has 2 heterocycles. The van der Waals surface area contributed by atoms with Gasteiger partial charge in [0.15, 0.2) is 0 Å². The van der Waals surface area contributed by atoms with Crippen molar-refractivity contribution in [1.82, 2.24) is 5.32 Å². The standard InChI is InChI=1S/C11H17NOS/c1-2-6-12-10(4-1)8-14-9-11-5-3-7-13-11/h3,5,7,10,12H,1-2,4,6,8-9H2/t10-/m1/s1. The molecule has 2 nitrogen and oxygen atoms in total. The molecule has 1 aromatic rings. The summed E-state index contributed by atoms with van der Waals surface area (Å²) >= 11 is 1.96. The summed E-state index contributed by atoms with van der Waals surface area (Å²) in [6.45, 7) is 1.20. The Balaban J connectivity index is 1.62. The van der Waals surface area contributed by atoms with Crippen LogP contribution in [0.5, 0.6) is 0 Å². The average molecular weight is 211 g/mol. The summed E-state index contributed by atoms with van der Waals surface area (Å²) in [5.74, 6) is 3.30. The van der Waals surface area contributed by atoms with Crippen LogP contribution in [0.2, 0.25) is 0 Å². The van der Waals surface area contributed by atoms with Crippen LogP contribution in [-0.2, 0) is 5.75 Å². The van der Waals surface area contributed by atoms with Gasteiger partial charge in [0.1, 0.15) is 5.76 Å². The highest BCUT2D eigenvalue weighted by atomic mass is 32.2. The molecule has 1 fully saturated rings. The van der Waals surface area contributed by atoms with Crippen molar-refractivity contribution in [3.05, 3.63) is 24.2 Å². The van der Waals surface area contributed by atoms with Gasteiger partial charge in [-0.15, -0.1) is 0 Å². The number of nitrogens with one attached hydrogen (secondary N) is 1. The number of rotatable bonds is 4. The van der Waals surface area contributed by atoms with Gasteiger partial charge in [-0.05, 0) is 31.5 Å². The largest absolute Gasteiger partial charge is 0.468 e. The van der Waals surface area contributed by atoms with E-state index in [-0.39, 0.29) is 0 Å². The second kappa shape index (κ2) is 5.47. The zero-order chi connectivity index (χ0) is 9.64. The topological polar surface area (TPSA) is 25.2 Å². The molecule has 0 aromatic carbocycles. The van der Waals surface area contributed by atoms with E-state index in [0.29, 0.717) is 0 Å². The second-order valence-corrected chi connectivity index (χ2v) is 4.77. The van der Waals surface area contributed by atoms with Crippen LogP contribution in [0, 0.1) is 0 Å². The summed E-state index contributed by atoms with van der Waals surface area (Å²) < 4.78 is 5.28. The third kappa shape index (κ3) is 3.07. The van der Waals surface area contributed by atoms with Gasteiger partial charge in [-0.25, -0.2) is 0 Å². The molecule has 0 unspecified atom stereocenters. The predicted molar refractivity (Wildman–Crippen MR) is 60.5 cm³/mol.